The Hall–Kier alpha value is -2.29. The van der Waals surface area contributed by atoms with Crippen LogP contribution in [0.5, 0.6) is 0 Å². The zero-order valence-electron chi connectivity index (χ0n) is 14.2. The fourth-order valence-electron chi connectivity index (χ4n) is 2.40. The standard InChI is InChI=1S/C20H26N2O/c1-4-16-10-12-17(13-11-16)20(23)21-14-19(15(2)3)22-18-8-6-5-7-9-18/h5-13,15,19,22H,4,14H2,1-3H3,(H,21,23). The summed E-state index contributed by atoms with van der Waals surface area (Å²) in [6, 6.07) is 18.1. The molecule has 3 heteroatoms. The minimum atomic E-state index is -0.0202. The number of carbonyl (C=O) groups excluding carboxylic acids is 1. The lowest BCUT2D eigenvalue weighted by molar-refractivity contribution is 0.0950. The lowest BCUT2D eigenvalue weighted by Gasteiger charge is -2.24. The van der Waals surface area contributed by atoms with Crippen molar-refractivity contribution < 1.29 is 4.79 Å². The van der Waals surface area contributed by atoms with Crippen molar-refractivity contribution in [3.63, 3.8) is 0 Å². The molecule has 0 aromatic heterocycles. The van der Waals surface area contributed by atoms with E-state index in [9.17, 15) is 4.79 Å². The van der Waals surface area contributed by atoms with Gasteiger partial charge in [0, 0.05) is 23.8 Å². The highest BCUT2D eigenvalue weighted by atomic mass is 16.1. The maximum Gasteiger partial charge on any atom is 0.251 e. The summed E-state index contributed by atoms with van der Waals surface area (Å²) in [5, 5.41) is 6.53. The molecule has 1 unspecified atom stereocenters. The maximum absolute atomic E-state index is 12.3. The van der Waals surface area contributed by atoms with Crippen LogP contribution in [0.15, 0.2) is 54.6 Å². The number of nitrogens with one attached hydrogen (secondary N) is 2. The highest BCUT2D eigenvalue weighted by Gasteiger charge is 2.15. The Balaban J connectivity index is 1.93. The van der Waals surface area contributed by atoms with Crippen LogP contribution in [0.4, 0.5) is 5.69 Å². The van der Waals surface area contributed by atoms with E-state index in [1.165, 1.54) is 5.56 Å². The van der Waals surface area contributed by atoms with Crippen molar-refractivity contribution in [2.75, 3.05) is 11.9 Å². The van der Waals surface area contributed by atoms with Gasteiger partial charge in [0.15, 0.2) is 0 Å². The van der Waals surface area contributed by atoms with E-state index in [1.807, 2.05) is 54.6 Å². The molecule has 3 nitrogen and oxygen atoms in total. The Morgan fingerprint density at radius 3 is 2.22 bits per heavy atom. The molecule has 1 amide bonds. The number of hydrogen-bond acceptors (Lipinski definition) is 2. The Morgan fingerprint density at radius 2 is 1.65 bits per heavy atom. The van der Waals surface area contributed by atoms with E-state index in [0.29, 0.717) is 18.0 Å². The van der Waals surface area contributed by atoms with Crippen molar-refractivity contribution in [1.82, 2.24) is 5.32 Å². The Bertz CT molecular complexity index is 605. The van der Waals surface area contributed by atoms with Crippen molar-refractivity contribution in [2.45, 2.75) is 33.2 Å². The summed E-state index contributed by atoms with van der Waals surface area (Å²) in [4.78, 5) is 12.3. The summed E-state index contributed by atoms with van der Waals surface area (Å²) in [5.41, 5.74) is 3.03. The molecule has 23 heavy (non-hydrogen) atoms. The molecule has 0 radical (unpaired) electrons. The van der Waals surface area contributed by atoms with Crippen LogP contribution in [-0.4, -0.2) is 18.5 Å². The molecular weight excluding hydrogens is 284 g/mol. The van der Waals surface area contributed by atoms with Crippen LogP contribution in [0.3, 0.4) is 0 Å². The first kappa shape index (κ1) is 17.1. The number of anilines is 1. The number of hydrogen-bond donors (Lipinski definition) is 2. The number of amides is 1. The van der Waals surface area contributed by atoms with Crippen molar-refractivity contribution in [3.8, 4) is 0 Å². The molecule has 0 aliphatic carbocycles. The van der Waals surface area contributed by atoms with Gasteiger partial charge in [0.2, 0.25) is 0 Å². The third kappa shape index (κ3) is 5.13. The van der Waals surface area contributed by atoms with E-state index in [2.05, 4.69) is 31.4 Å². The first-order valence-electron chi connectivity index (χ1n) is 8.29. The number of carbonyl (C=O) groups is 1. The third-order valence-electron chi connectivity index (χ3n) is 4.04. The summed E-state index contributed by atoms with van der Waals surface area (Å²) in [6.45, 7) is 7.02. The lowest BCUT2D eigenvalue weighted by atomic mass is 10.0. The molecule has 0 saturated heterocycles. The summed E-state index contributed by atoms with van der Waals surface area (Å²) in [5.74, 6) is 0.395. The summed E-state index contributed by atoms with van der Waals surface area (Å²) in [7, 11) is 0. The van der Waals surface area contributed by atoms with Gasteiger partial charge in [-0.15, -0.1) is 0 Å². The number of rotatable bonds is 7. The van der Waals surface area contributed by atoms with Gasteiger partial charge in [-0.3, -0.25) is 4.79 Å². The second-order valence-electron chi connectivity index (χ2n) is 6.12. The normalized spacial score (nSPS) is 12.0. The minimum Gasteiger partial charge on any atom is -0.380 e. The second-order valence-corrected chi connectivity index (χ2v) is 6.12. The molecule has 0 aliphatic rings. The molecule has 2 aromatic carbocycles. The van der Waals surface area contributed by atoms with Crippen LogP contribution >= 0.6 is 0 Å². The quantitative estimate of drug-likeness (QED) is 0.808. The molecule has 122 valence electrons. The van der Waals surface area contributed by atoms with E-state index < -0.39 is 0 Å². The van der Waals surface area contributed by atoms with E-state index in [1.54, 1.807) is 0 Å². The van der Waals surface area contributed by atoms with Gasteiger partial charge < -0.3 is 10.6 Å². The topological polar surface area (TPSA) is 41.1 Å². The summed E-state index contributed by atoms with van der Waals surface area (Å²) >= 11 is 0. The molecular formula is C20H26N2O. The van der Waals surface area contributed by atoms with Crippen molar-refractivity contribution >= 4 is 11.6 Å². The zero-order chi connectivity index (χ0) is 16.7. The van der Waals surface area contributed by atoms with Crippen LogP contribution in [0.25, 0.3) is 0 Å². The molecule has 0 fully saturated rings. The fourth-order valence-corrected chi connectivity index (χ4v) is 2.40. The minimum absolute atomic E-state index is 0.0202. The Morgan fingerprint density at radius 1 is 1.00 bits per heavy atom. The third-order valence-corrected chi connectivity index (χ3v) is 4.04. The molecule has 2 rings (SSSR count). The summed E-state index contributed by atoms with van der Waals surface area (Å²) in [6.07, 6.45) is 0.984. The van der Waals surface area contributed by atoms with Gasteiger partial charge in [-0.05, 0) is 42.2 Å². The highest BCUT2D eigenvalue weighted by Crippen LogP contribution is 2.12. The average molecular weight is 310 g/mol. The summed E-state index contributed by atoms with van der Waals surface area (Å²) < 4.78 is 0. The predicted octanol–water partition coefficient (Wildman–Crippen LogP) is 4.12. The molecule has 0 spiro atoms. The SMILES string of the molecule is CCc1ccc(C(=O)NCC(Nc2ccccc2)C(C)C)cc1. The van der Waals surface area contributed by atoms with E-state index >= 15 is 0 Å². The largest absolute Gasteiger partial charge is 0.380 e. The van der Waals surface area contributed by atoms with Gasteiger partial charge in [-0.25, -0.2) is 0 Å². The highest BCUT2D eigenvalue weighted by molar-refractivity contribution is 5.94. The molecule has 2 aromatic rings. The van der Waals surface area contributed by atoms with Gasteiger partial charge in [0.05, 0.1) is 0 Å². The van der Waals surface area contributed by atoms with Gasteiger partial charge in [-0.2, -0.15) is 0 Å². The molecule has 0 aliphatic heterocycles. The molecule has 1 atom stereocenters. The van der Waals surface area contributed by atoms with Crippen LogP contribution in [-0.2, 0) is 6.42 Å². The van der Waals surface area contributed by atoms with Gasteiger partial charge in [-0.1, -0.05) is 51.1 Å². The van der Waals surface area contributed by atoms with Gasteiger partial charge in [0.1, 0.15) is 0 Å². The fraction of sp³-hybridized carbons (Fsp3) is 0.350. The lowest BCUT2D eigenvalue weighted by Crippen LogP contribution is -2.39. The molecule has 0 bridgehead atoms. The Kier molecular flexibility index (Phi) is 6.21. The Labute approximate surface area is 139 Å². The number of benzene rings is 2. The van der Waals surface area contributed by atoms with Crippen LogP contribution in [0, 0.1) is 5.92 Å². The van der Waals surface area contributed by atoms with Gasteiger partial charge >= 0.3 is 0 Å². The molecule has 0 saturated carbocycles. The van der Waals surface area contributed by atoms with Crippen LogP contribution in [0.2, 0.25) is 0 Å². The van der Waals surface area contributed by atoms with Crippen molar-refractivity contribution in [3.05, 3.63) is 65.7 Å². The van der Waals surface area contributed by atoms with E-state index in [-0.39, 0.29) is 11.9 Å². The molecule has 2 N–H and O–H groups in total. The number of aryl methyl sites for hydroxylation is 1. The first-order valence-corrected chi connectivity index (χ1v) is 8.29. The zero-order valence-corrected chi connectivity index (χ0v) is 14.2. The molecule has 0 heterocycles. The van der Waals surface area contributed by atoms with Crippen LogP contribution < -0.4 is 10.6 Å². The van der Waals surface area contributed by atoms with Crippen molar-refractivity contribution in [2.24, 2.45) is 5.92 Å². The first-order chi connectivity index (χ1) is 11.1. The number of para-hydroxylation sites is 1. The monoisotopic (exact) mass is 310 g/mol. The van der Waals surface area contributed by atoms with Gasteiger partial charge in [0.25, 0.3) is 5.91 Å². The van der Waals surface area contributed by atoms with Crippen molar-refractivity contribution in [1.29, 1.82) is 0 Å². The van der Waals surface area contributed by atoms with E-state index in [0.717, 1.165) is 12.1 Å². The van der Waals surface area contributed by atoms with E-state index in [4.69, 9.17) is 0 Å². The maximum atomic E-state index is 12.3. The second kappa shape index (κ2) is 8.37. The predicted molar refractivity (Wildman–Crippen MR) is 96.8 cm³/mol. The smallest absolute Gasteiger partial charge is 0.251 e. The van der Waals surface area contributed by atoms with Crippen LogP contribution in [0.1, 0.15) is 36.7 Å². The average Bonchev–Trinajstić information content (AvgIpc) is 2.59.